The first-order valence-corrected chi connectivity index (χ1v) is 5.62. The Balaban J connectivity index is 2.39. The van der Waals surface area contributed by atoms with Gasteiger partial charge in [-0.15, -0.1) is 0 Å². The highest BCUT2D eigenvalue weighted by Crippen LogP contribution is 2.44. The molecule has 1 atom stereocenters. The number of hydrogen-bond donors (Lipinski definition) is 1. The van der Waals surface area contributed by atoms with Gasteiger partial charge in [0, 0.05) is 0 Å². The molecule has 1 heterocycles. The number of para-hydroxylation sites is 1. The molecule has 0 fully saturated rings. The number of ether oxygens (including phenoxy) is 2. The fourth-order valence-electron chi connectivity index (χ4n) is 2.04. The lowest BCUT2D eigenvalue weighted by molar-refractivity contribution is -0.376. The van der Waals surface area contributed by atoms with Gasteiger partial charge in [0.25, 0.3) is 0 Å². The highest BCUT2D eigenvalue weighted by atomic mass is 16.8. The molecule has 2 rings (SSSR count). The van der Waals surface area contributed by atoms with E-state index in [0.717, 1.165) is 12.0 Å². The first-order valence-electron chi connectivity index (χ1n) is 5.62. The summed E-state index contributed by atoms with van der Waals surface area (Å²) in [6.07, 6.45) is 0.736. The Morgan fingerprint density at radius 2 is 2.06 bits per heavy atom. The van der Waals surface area contributed by atoms with Crippen LogP contribution in [0.4, 0.5) is 0 Å². The van der Waals surface area contributed by atoms with E-state index in [9.17, 15) is 5.11 Å². The van der Waals surface area contributed by atoms with Crippen molar-refractivity contribution in [3.8, 4) is 5.75 Å². The number of fused-ring (bicyclic) bond motifs is 1. The Morgan fingerprint density at radius 1 is 1.38 bits per heavy atom. The molecule has 1 aliphatic heterocycles. The molecule has 3 heteroatoms. The average Bonchev–Trinajstić information content (AvgIpc) is 2.19. The molecule has 0 radical (unpaired) electrons. The third-order valence-electron chi connectivity index (χ3n) is 3.05. The molecule has 1 unspecified atom stereocenters. The predicted octanol–water partition coefficient (Wildman–Crippen LogP) is 2.33. The lowest BCUT2D eigenvalue weighted by atomic mass is 9.80. The quantitative estimate of drug-likeness (QED) is 0.780. The molecule has 3 nitrogen and oxygen atoms in total. The van der Waals surface area contributed by atoms with E-state index in [0.29, 0.717) is 12.4 Å². The molecule has 16 heavy (non-hydrogen) atoms. The van der Waals surface area contributed by atoms with Crippen molar-refractivity contribution in [1.82, 2.24) is 0 Å². The second-order valence-corrected chi connectivity index (χ2v) is 4.79. The van der Waals surface area contributed by atoms with E-state index in [1.54, 1.807) is 0 Å². The number of rotatable bonds is 2. The van der Waals surface area contributed by atoms with Gasteiger partial charge in [-0.25, -0.2) is 0 Å². The van der Waals surface area contributed by atoms with Gasteiger partial charge in [0.15, 0.2) is 0 Å². The van der Waals surface area contributed by atoms with Crippen molar-refractivity contribution in [1.29, 1.82) is 0 Å². The summed E-state index contributed by atoms with van der Waals surface area (Å²) < 4.78 is 11.0. The fraction of sp³-hybridized carbons (Fsp3) is 0.538. The Bertz CT molecular complexity index is 387. The molecule has 0 saturated heterocycles. The number of aliphatic hydroxyl groups is 1. The molecule has 0 amide bonds. The summed E-state index contributed by atoms with van der Waals surface area (Å²) in [7, 11) is 0. The summed E-state index contributed by atoms with van der Waals surface area (Å²) in [5, 5.41) is 10.4. The molecule has 0 spiro atoms. The maximum atomic E-state index is 10.4. The first-order chi connectivity index (χ1) is 7.48. The number of hydrogen-bond acceptors (Lipinski definition) is 3. The van der Waals surface area contributed by atoms with Crippen molar-refractivity contribution >= 4 is 0 Å². The second kappa shape index (κ2) is 3.75. The van der Waals surface area contributed by atoms with E-state index in [4.69, 9.17) is 9.47 Å². The third kappa shape index (κ3) is 1.70. The van der Waals surface area contributed by atoms with E-state index in [2.05, 4.69) is 0 Å². The van der Waals surface area contributed by atoms with Gasteiger partial charge in [-0.1, -0.05) is 32.0 Å². The van der Waals surface area contributed by atoms with Gasteiger partial charge in [0.1, 0.15) is 5.75 Å². The highest BCUT2D eigenvalue weighted by molar-refractivity contribution is 5.36. The smallest absolute Gasteiger partial charge is 0.330 e. The highest BCUT2D eigenvalue weighted by Gasteiger charge is 2.51. The Kier molecular flexibility index (Phi) is 2.68. The van der Waals surface area contributed by atoms with Gasteiger partial charge >= 0.3 is 5.97 Å². The monoisotopic (exact) mass is 222 g/mol. The van der Waals surface area contributed by atoms with Crippen LogP contribution >= 0.6 is 0 Å². The molecule has 1 aromatic carbocycles. The van der Waals surface area contributed by atoms with Crippen molar-refractivity contribution in [3.63, 3.8) is 0 Å². The zero-order valence-electron chi connectivity index (χ0n) is 9.99. The van der Waals surface area contributed by atoms with Gasteiger partial charge in [0.05, 0.1) is 12.0 Å². The summed E-state index contributed by atoms with van der Waals surface area (Å²) >= 11 is 0. The minimum absolute atomic E-state index is 0.419. The standard InChI is InChI=1S/C13H18O3/c1-4-15-13(14)12(2,3)9-10-7-5-6-8-11(10)16-13/h5-8,14H,4,9H2,1-3H3. The van der Waals surface area contributed by atoms with Gasteiger partial charge < -0.3 is 14.6 Å². The van der Waals surface area contributed by atoms with Crippen LogP contribution in [0.5, 0.6) is 5.75 Å². The lowest BCUT2D eigenvalue weighted by Crippen LogP contribution is -2.55. The minimum Gasteiger partial charge on any atom is -0.438 e. The van der Waals surface area contributed by atoms with Crippen LogP contribution in [-0.2, 0) is 11.2 Å². The summed E-state index contributed by atoms with van der Waals surface area (Å²) in [6.45, 7) is 6.15. The zero-order valence-corrected chi connectivity index (χ0v) is 9.99. The number of benzene rings is 1. The van der Waals surface area contributed by atoms with Crippen LogP contribution in [0.15, 0.2) is 24.3 Å². The lowest BCUT2D eigenvalue weighted by Gasteiger charge is -2.44. The van der Waals surface area contributed by atoms with Crippen LogP contribution in [0.1, 0.15) is 26.3 Å². The largest absolute Gasteiger partial charge is 0.438 e. The molecule has 0 aromatic heterocycles. The van der Waals surface area contributed by atoms with Crippen molar-refractivity contribution in [2.45, 2.75) is 33.2 Å². The third-order valence-corrected chi connectivity index (χ3v) is 3.05. The molecule has 0 saturated carbocycles. The van der Waals surface area contributed by atoms with E-state index in [-0.39, 0.29) is 0 Å². The molecule has 0 bridgehead atoms. The van der Waals surface area contributed by atoms with E-state index < -0.39 is 11.4 Å². The van der Waals surface area contributed by atoms with Gasteiger partial charge in [0.2, 0.25) is 0 Å². The van der Waals surface area contributed by atoms with E-state index >= 15 is 0 Å². The van der Waals surface area contributed by atoms with E-state index in [1.165, 1.54) is 0 Å². The minimum atomic E-state index is -1.53. The van der Waals surface area contributed by atoms with Crippen LogP contribution in [0, 0.1) is 5.41 Å². The maximum Gasteiger partial charge on any atom is 0.330 e. The normalized spacial score (nSPS) is 27.0. The molecular formula is C13H18O3. The molecule has 88 valence electrons. The topological polar surface area (TPSA) is 38.7 Å². The van der Waals surface area contributed by atoms with Crippen molar-refractivity contribution < 1.29 is 14.6 Å². The maximum absolute atomic E-state index is 10.4. The summed E-state index contributed by atoms with van der Waals surface area (Å²) in [4.78, 5) is 0. The van der Waals surface area contributed by atoms with Gasteiger partial charge in [-0.3, -0.25) is 0 Å². The Hall–Kier alpha value is -1.06. The molecule has 0 aliphatic carbocycles. The van der Waals surface area contributed by atoms with Crippen LogP contribution < -0.4 is 4.74 Å². The summed E-state index contributed by atoms with van der Waals surface area (Å²) in [5.74, 6) is -0.825. The summed E-state index contributed by atoms with van der Waals surface area (Å²) in [6, 6.07) is 7.74. The molecule has 1 N–H and O–H groups in total. The van der Waals surface area contributed by atoms with E-state index in [1.807, 2.05) is 45.0 Å². The fourth-order valence-corrected chi connectivity index (χ4v) is 2.04. The predicted molar refractivity (Wildman–Crippen MR) is 61.1 cm³/mol. The molecule has 1 aliphatic rings. The first kappa shape index (κ1) is 11.4. The van der Waals surface area contributed by atoms with Crippen LogP contribution in [0.3, 0.4) is 0 Å². The van der Waals surface area contributed by atoms with Crippen LogP contribution in [0.25, 0.3) is 0 Å². The van der Waals surface area contributed by atoms with Crippen LogP contribution in [0.2, 0.25) is 0 Å². The Labute approximate surface area is 96.0 Å². The SMILES string of the molecule is CCOC1(O)Oc2ccccc2CC1(C)C. The second-order valence-electron chi connectivity index (χ2n) is 4.79. The average molecular weight is 222 g/mol. The van der Waals surface area contributed by atoms with Crippen LogP contribution in [-0.4, -0.2) is 17.7 Å². The van der Waals surface area contributed by atoms with Crippen molar-refractivity contribution in [3.05, 3.63) is 29.8 Å². The molecule has 1 aromatic rings. The Morgan fingerprint density at radius 3 is 2.75 bits per heavy atom. The van der Waals surface area contributed by atoms with Gasteiger partial charge in [-0.05, 0) is 25.0 Å². The van der Waals surface area contributed by atoms with Crippen molar-refractivity contribution in [2.75, 3.05) is 6.61 Å². The van der Waals surface area contributed by atoms with Gasteiger partial charge in [-0.2, -0.15) is 0 Å². The van der Waals surface area contributed by atoms with Crippen molar-refractivity contribution in [2.24, 2.45) is 5.41 Å². The zero-order chi connectivity index (χ0) is 11.8. The molecular weight excluding hydrogens is 204 g/mol. The summed E-state index contributed by atoms with van der Waals surface area (Å²) in [5.41, 5.74) is 0.647.